The Kier molecular flexibility index (Phi) is 4.87. The van der Waals surface area contributed by atoms with Gasteiger partial charge in [-0.15, -0.1) is 0 Å². The van der Waals surface area contributed by atoms with Gasteiger partial charge in [0.1, 0.15) is 12.2 Å². The van der Waals surface area contributed by atoms with Crippen molar-refractivity contribution in [1.29, 1.82) is 0 Å². The first-order valence-electron chi connectivity index (χ1n) is 6.42. The van der Waals surface area contributed by atoms with E-state index in [9.17, 15) is 4.79 Å². The molecule has 102 valence electrons. The highest BCUT2D eigenvalue weighted by Gasteiger charge is 2.19. The summed E-state index contributed by atoms with van der Waals surface area (Å²) >= 11 is 0. The fourth-order valence-corrected chi connectivity index (χ4v) is 2.23. The molecule has 0 radical (unpaired) electrons. The molecule has 2 unspecified atom stereocenters. The van der Waals surface area contributed by atoms with Crippen molar-refractivity contribution in [1.82, 2.24) is 20.5 Å². The molecule has 0 aliphatic carbocycles. The lowest BCUT2D eigenvalue weighted by Crippen LogP contribution is -2.29. The monoisotopic (exact) mass is 252 g/mol. The van der Waals surface area contributed by atoms with E-state index in [0.29, 0.717) is 18.2 Å². The Morgan fingerprint density at radius 3 is 2.61 bits per heavy atom. The summed E-state index contributed by atoms with van der Waals surface area (Å²) in [6, 6.07) is -0.123. The first-order chi connectivity index (χ1) is 8.28. The minimum Gasteiger partial charge on any atom is -0.346 e. The molecule has 0 aliphatic heterocycles. The second-order valence-electron chi connectivity index (χ2n) is 6.23. The number of aromatic amines is 1. The molecular weight excluding hydrogens is 228 g/mol. The van der Waals surface area contributed by atoms with Crippen LogP contribution in [-0.4, -0.2) is 21.1 Å². The molecule has 1 rings (SSSR count). The van der Waals surface area contributed by atoms with Crippen molar-refractivity contribution in [2.45, 2.75) is 53.5 Å². The molecule has 0 saturated carbocycles. The second-order valence-corrected chi connectivity index (χ2v) is 6.23. The standard InChI is InChI=1S/C13H24N4O/c1-9(7-13(3,4)5)6-11(18)16-10(2)12-14-8-15-17-12/h8-10H,6-7H2,1-5H3,(H,16,18)(H,14,15,17). The zero-order valence-electron chi connectivity index (χ0n) is 11.9. The smallest absolute Gasteiger partial charge is 0.220 e. The molecule has 0 aromatic carbocycles. The van der Waals surface area contributed by atoms with Crippen molar-refractivity contribution in [3.8, 4) is 0 Å². The Morgan fingerprint density at radius 1 is 1.44 bits per heavy atom. The van der Waals surface area contributed by atoms with Gasteiger partial charge in [0.15, 0.2) is 0 Å². The van der Waals surface area contributed by atoms with E-state index in [1.54, 1.807) is 0 Å². The average molecular weight is 252 g/mol. The molecule has 5 heteroatoms. The van der Waals surface area contributed by atoms with E-state index in [2.05, 4.69) is 48.2 Å². The van der Waals surface area contributed by atoms with Crippen LogP contribution in [0.3, 0.4) is 0 Å². The Bertz CT molecular complexity index is 367. The Balaban J connectivity index is 2.38. The van der Waals surface area contributed by atoms with E-state index in [1.165, 1.54) is 6.33 Å². The fourth-order valence-electron chi connectivity index (χ4n) is 2.23. The van der Waals surface area contributed by atoms with Crippen molar-refractivity contribution in [3.05, 3.63) is 12.2 Å². The Labute approximate surface area is 109 Å². The third kappa shape index (κ3) is 5.29. The molecular formula is C13H24N4O. The lowest BCUT2D eigenvalue weighted by atomic mass is 9.84. The summed E-state index contributed by atoms with van der Waals surface area (Å²) in [5.74, 6) is 1.13. The molecule has 1 aromatic heterocycles. The van der Waals surface area contributed by atoms with Crippen molar-refractivity contribution >= 4 is 5.91 Å². The predicted octanol–water partition coefficient (Wildman–Crippen LogP) is 2.44. The summed E-state index contributed by atoms with van der Waals surface area (Å²) in [7, 11) is 0. The van der Waals surface area contributed by atoms with E-state index in [0.717, 1.165) is 6.42 Å². The van der Waals surface area contributed by atoms with Crippen LogP contribution in [0.25, 0.3) is 0 Å². The summed E-state index contributed by atoms with van der Waals surface area (Å²) in [5, 5.41) is 9.46. The first-order valence-corrected chi connectivity index (χ1v) is 6.42. The largest absolute Gasteiger partial charge is 0.346 e. The van der Waals surface area contributed by atoms with E-state index in [4.69, 9.17) is 0 Å². The molecule has 0 bridgehead atoms. The molecule has 2 N–H and O–H groups in total. The quantitative estimate of drug-likeness (QED) is 0.845. The molecule has 1 aromatic rings. The van der Waals surface area contributed by atoms with Gasteiger partial charge in [0.05, 0.1) is 6.04 Å². The van der Waals surface area contributed by atoms with Gasteiger partial charge >= 0.3 is 0 Å². The zero-order chi connectivity index (χ0) is 13.8. The molecule has 1 heterocycles. The molecule has 0 saturated heterocycles. The lowest BCUT2D eigenvalue weighted by Gasteiger charge is -2.23. The maximum absolute atomic E-state index is 11.9. The summed E-state index contributed by atoms with van der Waals surface area (Å²) in [6.07, 6.45) is 3.03. The van der Waals surface area contributed by atoms with Gasteiger partial charge in [-0.25, -0.2) is 4.98 Å². The van der Waals surface area contributed by atoms with E-state index >= 15 is 0 Å². The number of nitrogens with one attached hydrogen (secondary N) is 2. The van der Waals surface area contributed by atoms with Gasteiger partial charge < -0.3 is 5.32 Å². The van der Waals surface area contributed by atoms with Crippen LogP contribution in [-0.2, 0) is 4.79 Å². The number of rotatable bonds is 5. The third-order valence-electron chi connectivity index (χ3n) is 2.72. The number of nitrogens with zero attached hydrogens (tertiary/aromatic N) is 2. The van der Waals surface area contributed by atoms with E-state index in [1.807, 2.05) is 6.92 Å². The van der Waals surface area contributed by atoms with Crippen LogP contribution in [0, 0.1) is 11.3 Å². The van der Waals surface area contributed by atoms with Crippen LogP contribution < -0.4 is 5.32 Å². The Morgan fingerprint density at radius 2 is 2.11 bits per heavy atom. The summed E-state index contributed by atoms with van der Waals surface area (Å²) in [5.41, 5.74) is 0.260. The number of H-pyrrole nitrogens is 1. The predicted molar refractivity (Wildman–Crippen MR) is 70.8 cm³/mol. The van der Waals surface area contributed by atoms with Gasteiger partial charge in [-0.1, -0.05) is 27.7 Å². The fraction of sp³-hybridized carbons (Fsp3) is 0.769. The van der Waals surface area contributed by atoms with E-state index in [-0.39, 0.29) is 17.4 Å². The highest BCUT2D eigenvalue weighted by atomic mass is 16.1. The van der Waals surface area contributed by atoms with Crippen LogP contribution in [0.15, 0.2) is 6.33 Å². The number of carbonyl (C=O) groups excluding carboxylic acids is 1. The van der Waals surface area contributed by atoms with Gasteiger partial charge in [-0.3, -0.25) is 9.89 Å². The maximum Gasteiger partial charge on any atom is 0.220 e. The van der Waals surface area contributed by atoms with Gasteiger partial charge in [0.25, 0.3) is 0 Å². The maximum atomic E-state index is 11.9. The van der Waals surface area contributed by atoms with Gasteiger partial charge in [0.2, 0.25) is 5.91 Å². The number of carbonyl (C=O) groups is 1. The first kappa shape index (κ1) is 14.7. The summed E-state index contributed by atoms with van der Waals surface area (Å²) < 4.78 is 0. The van der Waals surface area contributed by atoms with Crippen molar-refractivity contribution in [3.63, 3.8) is 0 Å². The number of aromatic nitrogens is 3. The highest BCUT2D eigenvalue weighted by molar-refractivity contribution is 5.76. The number of hydrogen-bond donors (Lipinski definition) is 2. The summed E-state index contributed by atoms with van der Waals surface area (Å²) in [6.45, 7) is 10.6. The van der Waals surface area contributed by atoms with Crippen molar-refractivity contribution in [2.24, 2.45) is 11.3 Å². The van der Waals surface area contributed by atoms with Gasteiger partial charge in [-0.05, 0) is 24.7 Å². The molecule has 18 heavy (non-hydrogen) atoms. The average Bonchev–Trinajstić information content (AvgIpc) is 2.65. The molecule has 0 fully saturated rings. The topological polar surface area (TPSA) is 70.7 Å². The SMILES string of the molecule is CC(CC(=O)NC(C)c1ncn[nH]1)CC(C)(C)C. The van der Waals surface area contributed by atoms with Crippen LogP contribution in [0.1, 0.15) is 59.3 Å². The van der Waals surface area contributed by atoms with Crippen LogP contribution in [0.2, 0.25) is 0 Å². The second kappa shape index (κ2) is 5.98. The van der Waals surface area contributed by atoms with Crippen LogP contribution >= 0.6 is 0 Å². The molecule has 5 nitrogen and oxygen atoms in total. The van der Waals surface area contributed by atoms with Crippen LogP contribution in [0.4, 0.5) is 0 Å². The van der Waals surface area contributed by atoms with Crippen molar-refractivity contribution in [2.75, 3.05) is 0 Å². The highest BCUT2D eigenvalue weighted by Crippen LogP contribution is 2.25. The van der Waals surface area contributed by atoms with Crippen LogP contribution in [0.5, 0.6) is 0 Å². The summed E-state index contributed by atoms with van der Waals surface area (Å²) in [4.78, 5) is 15.9. The molecule has 0 aliphatic rings. The molecule has 1 amide bonds. The van der Waals surface area contributed by atoms with Gasteiger partial charge in [-0.2, -0.15) is 5.10 Å². The lowest BCUT2D eigenvalue weighted by molar-refractivity contribution is -0.122. The minimum atomic E-state index is -0.123. The van der Waals surface area contributed by atoms with Crippen molar-refractivity contribution < 1.29 is 4.79 Å². The minimum absolute atomic E-state index is 0.0654. The third-order valence-corrected chi connectivity index (χ3v) is 2.72. The van der Waals surface area contributed by atoms with Gasteiger partial charge in [0, 0.05) is 6.42 Å². The zero-order valence-corrected chi connectivity index (χ0v) is 11.9. The normalized spacial score (nSPS) is 15.2. The number of hydrogen-bond acceptors (Lipinski definition) is 3. The molecule has 2 atom stereocenters. The number of amides is 1. The van der Waals surface area contributed by atoms with E-state index < -0.39 is 0 Å². The Hall–Kier alpha value is -1.39. The molecule has 0 spiro atoms.